The van der Waals surface area contributed by atoms with Gasteiger partial charge in [0.1, 0.15) is 6.04 Å². The summed E-state index contributed by atoms with van der Waals surface area (Å²) in [5.41, 5.74) is 0.668. The molecule has 1 heterocycles. The smallest absolute Gasteiger partial charge is 0.257 e. The van der Waals surface area contributed by atoms with Gasteiger partial charge in [0, 0.05) is 12.0 Å². The fourth-order valence-corrected chi connectivity index (χ4v) is 5.70. The van der Waals surface area contributed by atoms with E-state index in [0.29, 0.717) is 11.3 Å². The molecule has 6 nitrogen and oxygen atoms in total. The zero-order chi connectivity index (χ0) is 22.6. The Balaban J connectivity index is 1.65. The van der Waals surface area contributed by atoms with Crippen molar-refractivity contribution in [2.75, 3.05) is 4.90 Å². The molecule has 1 saturated heterocycles. The average molecular weight is 422 g/mol. The largest absolute Gasteiger partial charge is 0.327 e. The zero-order valence-corrected chi connectivity index (χ0v) is 18.9. The van der Waals surface area contributed by atoms with Gasteiger partial charge in [0.05, 0.1) is 23.7 Å². The van der Waals surface area contributed by atoms with Gasteiger partial charge in [-0.2, -0.15) is 5.26 Å². The number of carbonyl (C=O) groups excluding carboxylic acids is 3. The summed E-state index contributed by atoms with van der Waals surface area (Å²) >= 11 is 0. The molecule has 0 N–H and O–H groups in total. The number of anilines is 1. The van der Waals surface area contributed by atoms with Gasteiger partial charge in [-0.25, -0.2) is 4.90 Å². The summed E-state index contributed by atoms with van der Waals surface area (Å²) in [6, 6.07) is 7.75. The lowest BCUT2D eigenvalue weighted by atomic mass is 9.92. The minimum absolute atomic E-state index is 0.0103. The Labute approximate surface area is 184 Å². The van der Waals surface area contributed by atoms with Crippen LogP contribution in [0.5, 0.6) is 0 Å². The molecule has 1 unspecified atom stereocenters. The Kier molecular flexibility index (Phi) is 5.20. The van der Waals surface area contributed by atoms with Crippen molar-refractivity contribution in [1.82, 2.24) is 4.90 Å². The van der Waals surface area contributed by atoms with Gasteiger partial charge in [-0.15, -0.1) is 0 Å². The predicted molar refractivity (Wildman–Crippen MR) is 117 cm³/mol. The van der Waals surface area contributed by atoms with Crippen LogP contribution in [0.15, 0.2) is 24.3 Å². The quantitative estimate of drug-likeness (QED) is 0.687. The number of rotatable bonds is 4. The molecule has 1 aromatic carbocycles. The number of nitriles is 1. The lowest BCUT2D eigenvalue weighted by molar-refractivity contribution is -0.144. The summed E-state index contributed by atoms with van der Waals surface area (Å²) in [4.78, 5) is 43.2. The van der Waals surface area contributed by atoms with E-state index in [1.54, 1.807) is 29.2 Å². The third kappa shape index (κ3) is 3.35. The number of nitrogens with zero attached hydrogens (tertiary/aromatic N) is 3. The first-order valence-electron chi connectivity index (χ1n) is 11.3. The standard InChI is InChI=1S/C25H31N3O3/c1-24(2)21(25(24,3)4)23(31)27(17-8-6-5-7-9-17)19-14-20(29)28(22(19)30)18-12-10-16(15-26)11-13-18/h10-13,17,19,21H,5-9,14H2,1-4H3. The van der Waals surface area contributed by atoms with Crippen molar-refractivity contribution in [2.45, 2.75) is 78.3 Å². The minimum atomic E-state index is -0.744. The van der Waals surface area contributed by atoms with E-state index in [1.807, 2.05) is 6.07 Å². The number of benzene rings is 1. The monoisotopic (exact) mass is 421 g/mol. The maximum absolute atomic E-state index is 13.8. The van der Waals surface area contributed by atoms with E-state index in [9.17, 15) is 14.4 Å². The molecule has 1 atom stereocenters. The highest BCUT2D eigenvalue weighted by Crippen LogP contribution is 2.69. The van der Waals surface area contributed by atoms with E-state index >= 15 is 0 Å². The normalized spacial score (nSPS) is 25.4. The van der Waals surface area contributed by atoms with Crippen molar-refractivity contribution < 1.29 is 14.4 Å². The van der Waals surface area contributed by atoms with Crippen molar-refractivity contribution in [3.05, 3.63) is 29.8 Å². The molecule has 6 heteroatoms. The van der Waals surface area contributed by atoms with E-state index < -0.39 is 6.04 Å². The van der Waals surface area contributed by atoms with Crippen LogP contribution in [0, 0.1) is 28.1 Å². The molecular weight excluding hydrogens is 390 g/mol. The Bertz CT molecular complexity index is 937. The van der Waals surface area contributed by atoms with Crippen LogP contribution >= 0.6 is 0 Å². The van der Waals surface area contributed by atoms with E-state index in [1.165, 1.54) is 4.90 Å². The summed E-state index contributed by atoms with van der Waals surface area (Å²) in [5.74, 6) is -0.740. The molecule has 3 fully saturated rings. The maximum atomic E-state index is 13.8. The fraction of sp³-hybridized carbons (Fsp3) is 0.600. The first kappa shape index (κ1) is 21.5. The molecule has 31 heavy (non-hydrogen) atoms. The third-order valence-corrected chi connectivity index (χ3v) is 8.20. The molecule has 0 bridgehead atoms. The number of hydrogen-bond acceptors (Lipinski definition) is 4. The number of carbonyl (C=O) groups is 3. The Hall–Kier alpha value is -2.68. The molecule has 3 amide bonds. The summed E-state index contributed by atoms with van der Waals surface area (Å²) < 4.78 is 0. The Morgan fingerprint density at radius 3 is 2.13 bits per heavy atom. The molecule has 0 radical (unpaired) electrons. The molecule has 2 saturated carbocycles. The van der Waals surface area contributed by atoms with Crippen LogP contribution < -0.4 is 4.90 Å². The first-order valence-corrected chi connectivity index (χ1v) is 11.3. The second-order valence-corrected chi connectivity index (χ2v) is 10.4. The van der Waals surface area contributed by atoms with Gasteiger partial charge in [-0.05, 0) is 47.9 Å². The van der Waals surface area contributed by atoms with Crippen LogP contribution in [0.1, 0.15) is 71.8 Å². The van der Waals surface area contributed by atoms with E-state index in [-0.39, 0.29) is 46.9 Å². The van der Waals surface area contributed by atoms with Gasteiger partial charge < -0.3 is 4.90 Å². The van der Waals surface area contributed by atoms with Crippen LogP contribution in [0.4, 0.5) is 5.69 Å². The predicted octanol–water partition coefficient (Wildman–Crippen LogP) is 4.03. The highest BCUT2D eigenvalue weighted by molar-refractivity contribution is 6.23. The number of hydrogen-bond donors (Lipinski definition) is 0. The van der Waals surface area contributed by atoms with Crippen LogP contribution in [0.2, 0.25) is 0 Å². The van der Waals surface area contributed by atoms with Crippen molar-refractivity contribution in [2.24, 2.45) is 16.7 Å². The molecule has 2 aliphatic carbocycles. The molecule has 1 aromatic rings. The van der Waals surface area contributed by atoms with Gasteiger partial charge in [0.2, 0.25) is 11.8 Å². The topological polar surface area (TPSA) is 81.5 Å². The molecular formula is C25H31N3O3. The SMILES string of the molecule is CC1(C)C(C(=O)N(C2CCCCC2)C2CC(=O)N(c3ccc(C#N)cc3)C2=O)C1(C)C. The summed E-state index contributed by atoms with van der Waals surface area (Å²) in [7, 11) is 0. The maximum Gasteiger partial charge on any atom is 0.257 e. The van der Waals surface area contributed by atoms with E-state index in [0.717, 1.165) is 32.1 Å². The van der Waals surface area contributed by atoms with Crippen molar-refractivity contribution in [3.63, 3.8) is 0 Å². The number of imide groups is 1. The second kappa shape index (κ2) is 7.47. The minimum Gasteiger partial charge on any atom is -0.327 e. The zero-order valence-electron chi connectivity index (χ0n) is 18.9. The van der Waals surface area contributed by atoms with Gasteiger partial charge in [0.25, 0.3) is 5.91 Å². The summed E-state index contributed by atoms with van der Waals surface area (Å²) in [6.07, 6.45) is 5.02. The highest BCUT2D eigenvalue weighted by Gasteiger charge is 2.69. The summed E-state index contributed by atoms with van der Waals surface area (Å²) in [5, 5.41) is 9.02. The Morgan fingerprint density at radius 2 is 1.61 bits per heavy atom. The van der Waals surface area contributed by atoms with Crippen LogP contribution in [0.25, 0.3) is 0 Å². The molecule has 4 rings (SSSR count). The van der Waals surface area contributed by atoms with Gasteiger partial charge >= 0.3 is 0 Å². The first-order chi connectivity index (χ1) is 14.6. The molecule has 0 aromatic heterocycles. The lowest BCUT2D eigenvalue weighted by Crippen LogP contribution is -2.52. The molecule has 0 spiro atoms. The van der Waals surface area contributed by atoms with Gasteiger partial charge in [-0.3, -0.25) is 14.4 Å². The van der Waals surface area contributed by atoms with Crippen LogP contribution in [0.3, 0.4) is 0 Å². The Morgan fingerprint density at radius 1 is 1.03 bits per heavy atom. The van der Waals surface area contributed by atoms with Crippen LogP contribution in [-0.4, -0.2) is 34.7 Å². The summed E-state index contributed by atoms with van der Waals surface area (Å²) in [6.45, 7) is 8.44. The lowest BCUT2D eigenvalue weighted by Gasteiger charge is -2.38. The molecule has 1 aliphatic heterocycles. The molecule has 164 valence electrons. The highest BCUT2D eigenvalue weighted by atomic mass is 16.2. The second-order valence-electron chi connectivity index (χ2n) is 10.4. The van der Waals surface area contributed by atoms with Crippen molar-refractivity contribution >= 4 is 23.4 Å². The van der Waals surface area contributed by atoms with E-state index in [2.05, 4.69) is 27.7 Å². The average Bonchev–Trinajstić information content (AvgIpc) is 2.98. The van der Waals surface area contributed by atoms with Gasteiger partial charge in [0.15, 0.2) is 0 Å². The van der Waals surface area contributed by atoms with E-state index in [4.69, 9.17) is 5.26 Å². The number of amides is 3. The third-order valence-electron chi connectivity index (χ3n) is 8.20. The van der Waals surface area contributed by atoms with Crippen molar-refractivity contribution in [3.8, 4) is 6.07 Å². The van der Waals surface area contributed by atoms with Gasteiger partial charge in [-0.1, -0.05) is 47.0 Å². The fourth-order valence-electron chi connectivity index (χ4n) is 5.70. The molecule has 3 aliphatic rings. The van der Waals surface area contributed by atoms with Crippen molar-refractivity contribution in [1.29, 1.82) is 5.26 Å². The van der Waals surface area contributed by atoms with Crippen LogP contribution in [-0.2, 0) is 14.4 Å².